The van der Waals surface area contributed by atoms with E-state index in [9.17, 15) is 0 Å². The Morgan fingerprint density at radius 2 is 1.83 bits per heavy atom. The SMILES string of the molecule is CN=C(NCCc1nc(C)c(C)s1)NCc1ccc(CN2CCC(C)CC2)cc1. The zero-order valence-electron chi connectivity index (χ0n) is 18.3. The van der Waals surface area contributed by atoms with Crippen LogP contribution in [0, 0.1) is 19.8 Å². The summed E-state index contributed by atoms with van der Waals surface area (Å²) in [6, 6.07) is 8.98. The Hall–Kier alpha value is -1.92. The molecular formula is C23H35N5S. The number of nitrogens with zero attached hydrogens (tertiary/aromatic N) is 3. The van der Waals surface area contributed by atoms with Gasteiger partial charge in [0.1, 0.15) is 0 Å². The van der Waals surface area contributed by atoms with Crippen LogP contribution in [0.2, 0.25) is 0 Å². The maximum atomic E-state index is 4.59. The highest BCUT2D eigenvalue weighted by molar-refractivity contribution is 7.11. The zero-order valence-corrected chi connectivity index (χ0v) is 19.1. The van der Waals surface area contributed by atoms with Crippen LogP contribution in [0.1, 0.15) is 46.5 Å². The van der Waals surface area contributed by atoms with Crippen molar-refractivity contribution in [1.82, 2.24) is 20.5 Å². The van der Waals surface area contributed by atoms with Crippen LogP contribution in [0.3, 0.4) is 0 Å². The third-order valence-electron chi connectivity index (χ3n) is 5.69. The molecule has 0 saturated carbocycles. The van der Waals surface area contributed by atoms with Gasteiger partial charge in [-0.1, -0.05) is 31.2 Å². The summed E-state index contributed by atoms with van der Waals surface area (Å²) < 4.78 is 0. The van der Waals surface area contributed by atoms with Gasteiger partial charge in [-0.2, -0.15) is 0 Å². The number of hydrogen-bond donors (Lipinski definition) is 2. The summed E-state index contributed by atoms with van der Waals surface area (Å²) in [7, 11) is 1.82. The second-order valence-electron chi connectivity index (χ2n) is 8.13. The van der Waals surface area contributed by atoms with Gasteiger partial charge in [-0.3, -0.25) is 9.89 Å². The first-order valence-electron chi connectivity index (χ1n) is 10.7. The first-order chi connectivity index (χ1) is 14.0. The molecule has 0 unspecified atom stereocenters. The molecular weight excluding hydrogens is 378 g/mol. The number of rotatable bonds is 7. The molecule has 1 aliphatic rings. The fourth-order valence-electron chi connectivity index (χ4n) is 3.58. The molecule has 0 aliphatic carbocycles. The highest BCUT2D eigenvalue weighted by Gasteiger charge is 2.15. The topological polar surface area (TPSA) is 52.6 Å². The lowest BCUT2D eigenvalue weighted by Gasteiger charge is -2.30. The van der Waals surface area contributed by atoms with Gasteiger partial charge < -0.3 is 10.6 Å². The molecule has 1 aromatic heterocycles. The minimum Gasteiger partial charge on any atom is -0.356 e. The van der Waals surface area contributed by atoms with Crippen molar-refractivity contribution in [1.29, 1.82) is 0 Å². The van der Waals surface area contributed by atoms with Crippen LogP contribution < -0.4 is 10.6 Å². The number of nitrogens with one attached hydrogen (secondary N) is 2. The van der Waals surface area contributed by atoms with Crippen LogP contribution in [0.5, 0.6) is 0 Å². The van der Waals surface area contributed by atoms with Gasteiger partial charge in [-0.05, 0) is 56.8 Å². The van der Waals surface area contributed by atoms with E-state index in [0.717, 1.165) is 43.6 Å². The Bertz CT molecular complexity index is 769. The Morgan fingerprint density at radius 3 is 2.45 bits per heavy atom. The van der Waals surface area contributed by atoms with Gasteiger partial charge in [0.05, 0.1) is 10.7 Å². The lowest BCUT2D eigenvalue weighted by atomic mass is 9.99. The Kier molecular flexibility index (Phi) is 8.07. The van der Waals surface area contributed by atoms with Crippen LogP contribution in [-0.4, -0.2) is 42.5 Å². The number of aromatic nitrogens is 1. The summed E-state index contributed by atoms with van der Waals surface area (Å²) in [5.41, 5.74) is 3.82. The molecule has 2 heterocycles. The second kappa shape index (κ2) is 10.7. The summed E-state index contributed by atoms with van der Waals surface area (Å²) in [5.74, 6) is 1.72. The number of piperidine rings is 1. The highest BCUT2D eigenvalue weighted by Crippen LogP contribution is 2.18. The predicted octanol–water partition coefficient (Wildman–Crippen LogP) is 3.90. The fraction of sp³-hybridized carbons (Fsp3) is 0.565. The van der Waals surface area contributed by atoms with E-state index < -0.39 is 0 Å². The van der Waals surface area contributed by atoms with Crippen molar-refractivity contribution in [3.8, 4) is 0 Å². The van der Waals surface area contributed by atoms with E-state index in [2.05, 4.69) is 70.5 Å². The van der Waals surface area contributed by atoms with Crippen molar-refractivity contribution >= 4 is 17.3 Å². The zero-order chi connectivity index (χ0) is 20.6. The van der Waals surface area contributed by atoms with E-state index in [0.29, 0.717) is 0 Å². The molecule has 1 fully saturated rings. The average Bonchev–Trinajstić information content (AvgIpc) is 3.04. The number of thiazole rings is 1. The predicted molar refractivity (Wildman–Crippen MR) is 124 cm³/mol. The van der Waals surface area contributed by atoms with Gasteiger partial charge in [0, 0.05) is 38.0 Å². The lowest BCUT2D eigenvalue weighted by molar-refractivity contribution is 0.185. The van der Waals surface area contributed by atoms with Crippen molar-refractivity contribution in [2.75, 3.05) is 26.7 Å². The Labute approximate surface area is 179 Å². The molecule has 0 bridgehead atoms. The van der Waals surface area contributed by atoms with Gasteiger partial charge in [0.2, 0.25) is 0 Å². The van der Waals surface area contributed by atoms with Crippen LogP contribution in [0.4, 0.5) is 0 Å². The van der Waals surface area contributed by atoms with Crippen LogP contribution >= 0.6 is 11.3 Å². The number of aliphatic imine (C=N–C) groups is 1. The average molecular weight is 414 g/mol. The first kappa shape index (κ1) is 21.8. The molecule has 0 radical (unpaired) electrons. The molecule has 0 atom stereocenters. The summed E-state index contributed by atoms with van der Waals surface area (Å²) in [6.07, 6.45) is 3.58. The quantitative estimate of drug-likeness (QED) is 0.534. The molecule has 1 aliphatic heterocycles. The van der Waals surface area contributed by atoms with Crippen molar-refractivity contribution in [3.63, 3.8) is 0 Å². The van der Waals surface area contributed by atoms with Crippen LogP contribution in [-0.2, 0) is 19.5 Å². The molecule has 2 N–H and O–H groups in total. The maximum Gasteiger partial charge on any atom is 0.191 e. The molecule has 1 aromatic carbocycles. The number of likely N-dealkylation sites (tertiary alicyclic amines) is 1. The number of hydrogen-bond acceptors (Lipinski definition) is 4. The normalized spacial score (nSPS) is 16.2. The molecule has 158 valence electrons. The van der Waals surface area contributed by atoms with Gasteiger partial charge >= 0.3 is 0 Å². The molecule has 2 aromatic rings. The van der Waals surface area contributed by atoms with E-state index >= 15 is 0 Å². The largest absolute Gasteiger partial charge is 0.356 e. The summed E-state index contributed by atoms with van der Waals surface area (Å²) in [5, 5.41) is 7.97. The molecule has 29 heavy (non-hydrogen) atoms. The number of aryl methyl sites for hydroxylation is 2. The van der Waals surface area contributed by atoms with Crippen molar-refractivity contribution in [2.45, 2.75) is 53.1 Å². The number of guanidine groups is 1. The van der Waals surface area contributed by atoms with E-state index in [4.69, 9.17) is 0 Å². The van der Waals surface area contributed by atoms with Gasteiger partial charge in [-0.15, -0.1) is 11.3 Å². The maximum absolute atomic E-state index is 4.59. The molecule has 6 heteroatoms. The van der Waals surface area contributed by atoms with Gasteiger partial charge in [0.25, 0.3) is 0 Å². The standard InChI is InChI=1S/C23H35N5S/c1-17-10-13-28(14-11-17)16-21-7-5-20(6-8-21)15-26-23(24-4)25-12-9-22-27-18(2)19(3)29-22/h5-8,17H,9-16H2,1-4H3,(H2,24,25,26). The molecule has 3 rings (SSSR count). The monoisotopic (exact) mass is 413 g/mol. The molecule has 0 spiro atoms. The molecule has 1 saturated heterocycles. The third kappa shape index (κ3) is 6.82. The van der Waals surface area contributed by atoms with E-state index in [1.54, 1.807) is 11.3 Å². The van der Waals surface area contributed by atoms with Gasteiger partial charge in [0.15, 0.2) is 5.96 Å². The van der Waals surface area contributed by atoms with Crippen LogP contribution in [0.15, 0.2) is 29.3 Å². The van der Waals surface area contributed by atoms with E-state index in [1.807, 2.05) is 7.05 Å². The smallest absolute Gasteiger partial charge is 0.191 e. The highest BCUT2D eigenvalue weighted by atomic mass is 32.1. The summed E-state index contributed by atoms with van der Waals surface area (Å²) in [4.78, 5) is 12.8. The van der Waals surface area contributed by atoms with Crippen molar-refractivity contribution < 1.29 is 0 Å². The fourth-order valence-corrected chi connectivity index (χ4v) is 4.51. The Balaban J connectivity index is 1.39. The molecule has 0 amide bonds. The Morgan fingerprint density at radius 1 is 1.14 bits per heavy atom. The lowest BCUT2D eigenvalue weighted by Crippen LogP contribution is -2.37. The van der Waals surface area contributed by atoms with Crippen LogP contribution in [0.25, 0.3) is 0 Å². The molecule has 5 nitrogen and oxygen atoms in total. The summed E-state index contributed by atoms with van der Waals surface area (Å²) in [6.45, 7) is 11.7. The van der Waals surface area contributed by atoms with E-state index in [-0.39, 0.29) is 0 Å². The van der Waals surface area contributed by atoms with Gasteiger partial charge in [-0.25, -0.2) is 4.98 Å². The number of benzene rings is 1. The second-order valence-corrected chi connectivity index (χ2v) is 9.41. The van der Waals surface area contributed by atoms with Crippen molar-refractivity contribution in [3.05, 3.63) is 51.0 Å². The third-order valence-corrected chi connectivity index (χ3v) is 6.83. The minimum atomic E-state index is 0.774. The van der Waals surface area contributed by atoms with Crippen molar-refractivity contribution in [2.24, 2.45) is 10.9 Å². The first-order valence-corrected chi connectivity index (χ1v) is 11.5. The summed E-state index contributed by atoms with van der Waals surface area (Å²) >= 11 is 1.78. The minimum absolute atomic E-state index is 0.774. The van der Waals surface area contributed by atoms with E-state index in [1.165, 1.54) is 46.9 Å².